The first-order chi connectivity index (χ1) is 7.85. The largest absolute Gasteiger partial charge is 0.317 e. The molecule has 2 heteroatoms. The molecule has 98 valence electrons. The van der Waals surface area contributed by atoms with Gasteiger partial charge in [-0.1, -0.05) is 33.6 Å². The van der Waals surface area contributed by atoms with E-state index in [2.05, 4.69) is 31.4 Å². The highest BCUT2D eigenvalue weighted by Crippen LogP contribution is 2.11. The van der Waals surface area contributed by atoms with Crippen molar-refractivity contribution in [3.8, 4) is 0 Å². The van der Waals surface area contributed by atoms with Gasteiger partial charge in [0.05, 0.1) is 0 Å². The van der Waals surface area contributed by atoms with Crippen molar-refractivity contribution in [1.29, 1.82) is 0 Å². The minimum absolute atomic E-state index is 0.901. The normalized spacial score (nSPS) is 11.2. The second-order valence-corrected chi connectivity index (χ2v) is 4.75. The van der Waals surface area contributed by atoms with Gasteiger partial charge in [-0.3, -0.25) is 0 Å². The maximum Gasteiger partial charge on any atom is -0.00205 e. The lowest BCUT2D eigenvalue weighted by Gasteiger charge is -2.16. The molecule has 0 saturated heterocycles. The van der Waals surface area contributed by atoms with Gasteiger partial charge >= 0.3 is 0 Å². The lowest BCUT2D eigenvalue weighted by molar-refractivity contribution is 0.408. The van der Waals surface area contributed by atoms with Crippen molar-refractivity contribution in [3.05, 3.63) is 0 Å². The molecule has 16 heavy (non-hydrogen) atoms. The summed E-state index contributed by atoms with van der Waals surface area (Å²) in [6.07, 6.45) is 7.91. The molecule has 0 heterocycles. The van der Waals surface area contributed by atoms with Gasteiger partial charge in [-0.15, -0.1) is 0 Å². The van der Waals surface area contributed by atoms with Crippen molar-refractivity contribution in [2.24, 2.45) is 5.92 Å². The Labute approximate surface area is 103 Å². The molecule has 0 aromatic carbocycles. The summed E-state index contributed by atoms with van der Waals surface area (Å²) in [6, 6.07) is 0. The van der Waals surface area contributed by atoms with E-state index in [1.54, 1.807) is 0 Å². The van der Waals surface area contributed by atoms with Gasteiger partial charge in [-0.05, 0) is 57.8 Å². The number of rotatable bonds is 12. The molecule has 2 nitrogen and oxygen atoms in total. The van der Waals surface area contributed by atoms with Gasteiger partial charge in [-0.2, -0.15) is 0 Å². The molecule has 2 N–H and O–H groups in total. The number of hydrogen-bond acceptors (Lipinski definition) is 2. The van der Waals surface area contributed by atoms with Gasteiger partial charge in [0.15, 0.2) is 0 Å². The van der Waals surface area contributed by atoms with Crippen LogP contribution in [0, 0.1) is 5.92 Å². The molecule has 0 unspecified atom stereocenters. The highest BCUT2D eigenvalue weighted by molar-refractivity contribution is 4.62. The highest BCUT2D eigenvalue weighted by Gasteiger charge is 2.05. The fourth-order valence-corrected chi connectivity index (χ4v) is 2.11. The zero-order chi connectivity index (χ0) is 12.1. The van der Waals surface area contributed by atoms with Crippen LogP contribution in [0.3, 0.4) is 0 Å². The first kappa shape index (κ1) is 15.9. The number of nitrogens with one attached hydrogen (secondary N) is 2. The summed E-state index contributed by atoms with van der Waals surface area (Å²) < 4.78 is 0. The van der Waals surface area contributed by atoms with E-state index >= 15 is 0 Å². The van der Waals surface area contributed by atoms with Gasteiger partial charge in [0.25, 0.3) is 0 Å². The molecule has 0 aliphatic heterocycles. The lowest BCUT2D eigenvalue weighted by atomic mass is 9.98. The molecule has 0 bridgehead atoms. The van der Waals surface area contributed by atoms with E-state index in [0.29, 0.717) is 0 Å². The average molecular weight is 228 g/mol. The summed E-state index contributed by atoms with van der Waals surface area (Å²) in [5.74, 6) is 0.901. The Morgan fingerprint density at radius 1 is 0.750 bits per heavy atom. The minimum Gasteiger partial charge on any atom is -0.317 e. The van der Waals surface area contributed by atoms with Crippen LogP contribution in [0.25, 0.3) is 0 Å². The molecule has 0 atom stereocenters. The van der Waals surface area contributed by atoms with Crippen molar-refractivity contribution < 1.29 is 0 Å². The molecule has 0 aliphatic carbocycles. The van der Waals surface area contributed by atoms with Crippen LogP contribution in [0.1, 0.15) is 59.3 Å². The molecule has 0 fully saturated rings. The van der Waals surface area contributed by atoms with Gasteiger partial charge in [0, 0.05) is 0 Å². The van der Waals surface area contributed by atoms with E-state index in [4.69, 9.17) is 0 Å². The molecule has 0 saturated carbocycles. The van der Waals surface area contributed by atoms with E-state index in [0.717, 1.165) is 19.0 Å². The maximum absolute atomic E-state index is 3.59. The SMILES string of the molecule is CCCNCCCNCC(CCC)CCC. The molecule has 0 radical (unpaired) electrons. The predicted octanol–water partition coefficient (Wildman–Crippen LogP) is 3.18. The van der Waals surface area contributed by atoms with Crippen LogP contribution in [0.5, 0.6) is 0 Å². The van der Waals surface area contributed by atoms with Gasteiger partial charge < -0.3 is 10.6 Å². The Balaban J connectivity index is 3.25. The van der Waals surface area contributed by atoms with E-state index in [1.165, 1.54) is 51.6 Å². The van der Waals surface area contributed by atoms with Crippen molar-refractivity contribution in [1.82, 2.24) is 10.6 Å². The van der Waals surface area contributed by atoms with E-state index in [9.17, 15) is 0 Å². The van der Waals surface area contributed by atoms with Gasteiger partial charge in [0.2, 0.25) is 0 Å². The quantitative estimate of drug-likeness (QED) is 0.501. The van der Waals surface area contributed by atoms with E-state index in [1.807, 2.05) is 0 Å². The summed E-state index contributed by atoms with van der Waals surface area (Å²) in [4.78, 5) is 0. The summed E-state index contributed by atoms with van der Waals surface area (Å²) >= 11 is 0. The molecular weight excluding hydrogens is 196 g/mol. The third-order valence-electron chi connectivity index (χ3n) is 2.96. The van der Waals surface area contributed by atoms with E-state index < -0.39 is 0 Å². The molecule has 0 aromatic rings. The smallest absolute Gasteiger partial charge is 0.00205 e. The van der Waals surface area contributed by atoms with Crippen LogP contribution >= 0.6 is 0 Å². The number of hydrogen-bond donors (Lipinski definition) is 2. The Hall–Kier alpha value is -0.0800. The van der Waals surface area contributed by atoms with Crippen molar-refractivity contribution in [2.45, 2.75) is 59.3 Å². The molecule has 0 aliphatic rings. The van der Waals surface area contributed by atoms with Crippen LogP contribution in [-0.4, -0.2) is 26.2 Å². The van der Waals surface area contributed by atoms with E-state index in [-0.39, 0.29) is 0 Å². The fourth-order valence-electron chi connectivity index (χ4n) is 2.11. The summed E-state index contributed by atoms with van der Waals surface area (Å²) in [5, 5.41) is 7.03. The van der Waals surface area contributed by atoms with Crippen LogP contribution in [0.15, 0.2) is 0 Å². The Morgan fingerprint density at radius 2 is 1.38 bits per heavy atom. The minimum atomic E-state index is 0.901. The van der Waals surface area contributed by atoms with Gasteiger partial charge in [-0.25, -0.2) is 0 Å². The second kappa shape index (κ2) is 13.0. The zero-order valence-corrected chi connectivity index (χ0v) is 11.6. The highest BCUT2D eigenvalue weighted by atomic mass is 14.9. The first-order valence-electron chi connectivity index (χ1n) is 7.26. The topological polar surface area (TPSA) is 24.1 Å². The van der Waals surface area contributed by atoms with Crippen molar-refractivity contribution in [3.63, 3.8) is 0 Å². The molecular formula is C14H32N2. The monoisotopic (exact) mass is 228 g/mol. The molecule has 0 aromatic heterocycles. The third-order valence-corrected chi connectivity index (χ3v) is 2.96. The predicted molar refractivity (Wildman–Crippen MR) is 74.0 cm³/mol. The summed E-state index contributed by atoms with van der Waals surface area (Å²) in [6.45, 7) is 11.5. The Bertz CT molecular complexity index is 120. The van der Waals surface area contributed by atoms with Gasteiger partial charge in [0.1, 0.15) is 0 Å². The summed E-state index contributed by atoms with van der Waals surface area (Å²) in [5.41, 5.74) is 0. The fraction of sp³-hybridized carbons (Fsp3) is 1.00. The first-order valence-corrected chi connectivity index (χ1v) is 7.26. The van der Waals surface area contributed by atoms with Crippen molar-refractivity contribution in [2.75, 3.05) is 26.2 Å². The zero-order valence-electron chi connectivity index (χ0n) is 11.6. The Kier molecular flexibility index (Phi) is 12.9. The molecule has 0 spiro atoms. The maximum atomic E-state index is 3.59. The molecule has 0 amide bonds. The van der Waals surface area contributed by atoms with Crippen LogP contribution in [0.2, 0.25) is 0 Å². The molecule has 0 rings (SSSR count). The van der Waals surface area contributed by atoms with Crippen LogP contribution < -0.4 is 10.6 Å². The Morgan fingerprint density at radius 3 is 1.94 bits per heavy atom. The average Bonchev–Trinajstić information content (AvgIpc) is 2.28. The summed E-state index contributed by atoms with van der Waals surface area (Å²) in [7, 11) is 0. The lowest BCUT2D eigenvalue weighted by Crippen LogP contribution is -2.26. The van der Waals surface area contributed by atoms with Crippen molar-refractivity contribution >= 4 is 0 Å². The third kappa shape index (κ3) is 10.4. The van der Waals surface area contributed by atoms with Crippen LogP contribution in [0.4, 0.5) is 0 Å². The standard InChI is InChI=1S/C14H32N2/c1-4-8-14(9-5-2)13-16-12-7-11-15-10-6-3/h14-16H,4-13H2,1-3H3. The second-order valence-electron chi connectivity index (χ2n) is 4.75. The van der Waals surface area contributed by atoms with Crippen LogP contribution in [-0.2, 0) is 0 Å².